The fourth-order valence-electron chi connectivity index (χ4n) is 7.80. The number of hydrogen-bond donors (Lipinski definition) is 4. The predicted octanol–water partition coefficient (Wildman–Crippen LogP) is 8.43. The maximum Gasteiger partial charge on any atom is 0.246 e. The van der Waals surface area contributed by atoms with Gasteiger partial charge < -0.3 is 53.8 Å². The van der Waals surface area contributed by atoms with Crippen molar-refractivity contribution in [3.05, 3.63) is 121 Å². The molecule has 4 aromatic carbocycles. The van der Waals surface area contributed by atoms with Gasteiger partial charge in [0.05, 0.1) is 56.3 Å². The third-order valence-corrected chi connectivity index (χ3v) is 12.5. The lowest BCUT2D eigenvalue weighted by molar-refractivity contribution is -0.144. The smallest absolute Gasteiger partial charge is 0.246 e. The summed E-state index contributed by atoms with van der Waals surface area (Å²) >= 11 is 1.57. The molecule has 3 amide bonds. The van der Waals surface area contributed by atoms with Gasteiger partial charge in [0.2, 0.25) is 17.7 Å². The first-order valence-corrected chi connectivity index (χ1v) is 23.2. The Kier molecular flexibility index (Phi) is 16.4. The Hall–Kier alpha value is -6.23. The van der Waals surface area contributed by atoms with E-state index in [4.69, 9.17) is 28.1 Å². The van der Waals surface area contributed by atoms with E-state index < -0.39 is 35.4 Å². The van der Waals surface area contributed by atoms with Gasteiger partial charge in [0.1, 0.15) is 48.3 Å². The molecule has 1 aliphatic rings. The van der Waals surface area contributed by atoms with Crippen LogP contribution in [0.3, 0.4) is 0 Å². The van der Waals surface area contributed by atoms with Crippen molar-refractivity contribution in [1.82, 2.24) is 15.5 Å². The second-order valence-corrected chi connectivity index (χ2v) is 18.6. The Labute approximate surface area is 394 Å². The minimum absolute atomic E-state index is 0.0284. The molecule has 14 nitrogen and oxygen atoms in total. The highest BCUT2D eigenvalue weighted by molar-refractivity contribution is 7.22. The quantitative estimate of drug-likeness (QED) is 0.0510. The van der Waals surface area contributed by atoms with Crippen molar-refractivity contribution in [2.24, 2.45) is 5.41 Å². The Morgan fingerprint density at radius 1 is 0.821 bits per heavy atom. The SMILES string of the molecule is Cc1ccoc1-c1ccc([C@H](C)NC(=O)[C@@H]2C[C@@H](O)CN2C(=O)[C@@H](NC(=O)COCCOCCOCCOc2ccc(Oc3c(-c4ccccc4)sc4cc(O)ccc34)cc2)C(C)(C)C)cc1. The molecule has 4 atom stereocenters. The van der Waals surface area contributed by atoms with Gasteiger partial charge >= 0.3 is 0 Å². The van der Waals surface area contributed by atoms with Gasteiger partial charge in [0, 0.05) is 28.6 Å². The van der Waals surface area contributed by atoms with E-state index in [0.29, 0.717) is 37.9 Å². The van der Waals surface area contributed by atoms with Crippen LogP contribution in [0.15, 0.2) is 114 Å². The number of likely N-dealkylation sites (tertiary alicyclic amines) is 1. The normalized spacial score (nSPS) is 15.9. The number of benzene rings is 4. The number of ether oxygens (including phenoxy) is 5. The Morgan fingerprint density at radius 2 is 1.49 bits per heavy atom. The predicted molar refractivity (Wildman–Crippen MR) is 256 cm³/mol. The van der Waals surface area contributed by atoms with E-state index >= 15 is 0 Å². The van der Waals surface area contributed by atoms with E-state index in [9.17, 15) is 24.6 Å². The first-order valence-electron chi connectivity index (χ1n) is 22.4. The number of aliphatic hydroxyl groups excluding tert-OH is 1. The summed E-state index contributed by atoms with van der Waals surface area (Å²) in [5.41, 5.74) is 3.14. The zero-order valence-electron chi connectivity index (χ0n) is 38.5. The van der Waals surface area contributed by atoms with Crippen molar-refractivity contribution in [3.63, 3.8) is 0 Å². The molecule has 0 spiro atoms. The number of carbonyl (C=O) groups excluding carboxylic acids is 3. The number of phenols is 1. The van der Waals surface area contributed by atoms with Crippen LogP contribution in [0.2, 0.25) is 0 Å². The summed E-state index contributed by atoms with van der Waals surface area (Å²) in [6.45, 7) is 10.7. The molecule has 1 aliphatic heterocycles. The topological polar surface area (TPSA) is 178 Å². The number of thiophene rings is 1. The van der Waals surface area contributed by atoms with Crippen molar-refractivity contribution in [2.45, 2.75) is 65.3 Å². The van der Waals surface area contributed by atoms with Crippen molar-refractivity contribution in [3.8, 4) is 44.8 Å². The number of fused-ring (bicyclic) bond motifs is 1. The Morgan fingerprint density at radius 3 is 2.16 bits per heavy atom. The summed E-state index contributed by atoms with van der Waals surface area (Å²) in [4.78, 5) is 43.0. The van der Waals surface area contributed by atoms with Gasteiger partial charge in [-0.1, -0.05) is 75.4 Å². The average molecular weight is 934 g/mol. The zero-order chi connectivity index (χ0) is 47.5. The van der Waals surface area contributed by atoms with Crippen molar-refractivity contribution >= 4 is 39.1 Å². The maximum atomic E-state index is 14.0. The standard InChI is InChI=1S/C52H59N3O11S/c1-33-21-22-65-46(33)36-13-11-35(12-14-36)34(2)53-50(59)43-29-39(57)31-55(43)51(60)49(52(3,4)5)54-45(58)32-63-26-25-61-23-24-62-27-28-64-40-16-18-41(19-17-40)66-47-42-20-15-38(56)30-44(42)67-48(47)37-9-7-6-8-10-37/h6-22,30,34,39,43,49,56-57H,23-29,31-32H2,1-5H3,(H,53,59)(H,54,58)/t34-,39+,43-,49+/m0/s1. The zero-order valence-corrected chi connectivity index (χ0v) is 39.3. The van der Waals surface area contributed by atoms with Gasteiger partial charge in [0.25, 0.3) is 0 Å². The van der Waals surface area contributed by atoms with E-state index in [1.54, 1.807) is 29.7 Å². The van der Waals surface area contributed by atoms with E-state index in [1.807, 2.05) is 126 Å². The Bertz CT molecular complexity index is 2570. The van der Waals surface area contributed by atoms with Crippen LogP contribution in [0.25, 0.3) is 31.9 Å². The van der Waals surface area contributed by atoms with Gasteiger partial charge in [-0.05, 0) is 84.5 Å². The summed E-state index contributed by atoms with van der Waals surface area (Å²) in [5, 5.41) is 27.4. The molecule has 0 bridgehead atoms. The van der Waals surface area contributed by atoms with Gasteiger partial charge in [0.15, 0.2) is 5.75 Å². The number of aryl methyl sites for hydroxylation is 1. The lowest BCUT2D eigenvalue weighted by Gasteiger charge is -2.35. The number of β-amino-alcohol motifs (C(OH)–C–C–N with tert-alkyl or cyclic N) is 1. The molecule has 1 saturated heterocycles. The molecule has 0 radical (unpaired) electrons. The third kappa shape index (κ3) is 12.8. The molecular formula is C52H59N3O11S. The highest BCUT2D eigenvalue weighted by Crippen LogP contribution is 2.47. The minimum atomic E-state index is -0.978. The van der Waals surface area contributed by atoms with Crippen LogP contribution in [0.1, 0.15) is 51.3 Å². The van der Waals surface area contributed by atoms with Crippen LogP contribution in [0.5, 0.6) is 23.0 Å². The molecule has 1 fully saturated rings. The minimum Gasteiger partial charge on any atom is -0.508 e. The molecule has 0 saturated carbocycles. The Balaban J connectivity index is 0.777. The summed E-state index contributed by atoms with van der Waals surface area (Å²) in [6, 6.07) is 30.0. The lowest BCUT2D eigenvalue weighted by atomic mass is 9.85. The van der Waals surface area contributed by atoms with Crippen LogP contribution in [-0.4, -0.2) is 104 Å². The molecule has 0 unspecified atom stereocenters. The summed E-state index contributed by atoms with van der Waals surface area (Å²) in [6.07, 6.45) is 0.843. The number of aromatic hydroxyl groups is 1. The average Bonchev–Trinajstić information content (AvgIpc) is 4.03. The van der Waals surface area contributed by atoms with Crippen molar-refractivity contribution in [2.75, 3.05) is 52.8 Å². The van der Waals surface area contributed by atoms with Crippen molar-refractivity contribution < 1.29 is 52.7 Å². The van der Waals surface area contributed by atoms with Gasteiger partial charge in [-0.25, -0.2) is 0 Å². The highest BCUT2D eigenvalue weighted by atomic mass is 32.1. The second kappa shape index (κ2) is 22.5. The number of nitrogens with zero attached hydrogens (tertiary/aromatic N) is 1. The number of nitrogens with one attached hydrogen (secondary N) is 2. The van der Waals surface area contributed by atoms with Gasteiger partial charge in [-0.2, -0.15) is 0 Å². The van der Waals surface area contributed by atoms with Crippen LogP contribution >= 0.6 is 11.3 Å². The van der Waals surface area contributed by atoms with Crippen molar-refractivity contribution in [1.29, 1.82) is 0 Å². The largest absolute Gasteiger partial charge is 0.508 e. The highest BCUT2D eigenvalue weighted by Gasteiger charge is 2.44. The molecule has 6 aromatic rings. The fourth-order valence-corrected chi connectivity index (χ4v) is 8.96. The third-order valence-electron chi connectivity index (χ3n) is 11.4. The number of furan rings is 1. The molecule has 0 aliphatic carbocycles. The number of amides is 3. The number of carbonyl (C=O) groups is 3. The van der Waals surface area contributed by atoms with E-state index in [2.05, 4.69) is 10.6 Å². The monoisotopic (exact) mass is 933 g/mol. The molecule has 7 rings (SSSR count). The number of rotatable bonds is 21. The van der Waals surface area contributed by atoms with Crippen LogP contribution in [0, 0.1) is 12.3 Å². The van der Waals surface area contributed by atoms with E-state index in [1.165, 1.54) is 4.90 Å². The summed E-state index contributed by atoms with van der Waals surface area (Å²) < 4.78 is 35.6. The molecule has 2 aromatic heterocycles. The number of phenolic OH excluding ortho intramolecular Hbond substituents is 1. The van der Waals surface area contributed by atoms with Crippen LogP contribution in [0.4, 0.5) is 0 Å². The maximum absolute atomic E-state index is 14.0. The van der Waals surface area contributed by atoms with Crippen LogP contribution < -0.4 is 20.1 Å². The first-order chi connectivity index (χ1) is 32.2. The molecular weight excluding hydrogens is 875 g/mol. The lowest BCUT2D eigenvalue weighted by Crippen LogP contribution is -2.58. The molecule has 354 valence electrons. The van der Waals surface area contributed by atoms with Gasteiger partial charge in [-0.3, -0.25) is 14.4 Å². The van der Waals surface area contributed by atoms with Crippen LogP contribution in [-0.2, 0) is 28.6 Å². The summed E-state index contributed by atoms with van der Waals surface area (Å²) in [7, 11) is 0. The molecule has 15 heteroatoms. The number of hydrogen-bond acceptors (Lipinski definition) is 12. The molecule has 3 heterocycles. The second-order valence-electron chi connectivity index (χ2n) is 17.6. The molecule has 67 heavy (non-hydrogen) atoms. The number of aliphatic hydroxyl groups is 1. The van der Waals surface area contributed by atoms with E-state index in [-0.39, 0.29) is 50.5 Å². The fraction of sp³-hybridized carbons (Fsp3) is 0.365. The molecule has 4 N–H and O–H groups in total. The van der Waals surface area contributed by atoms with Gasteiger partial charge in [-0.15, -0.1) is 11.3 Å². The van der Waals surface area contributed by atoms with E-state index in [0.717, 1.165) is 48.7 Å². The first kappa shape index (κ1) is 48.7. The summed E-state index contributed by atoms with van der Waals surface area (Å²) in [5.74, 6) is 1.72.